The zero-order chi connectivity index (χ0) is 13.3. The smallest absolute Gasteiger partial charge is 0.417 e. The molecule has 18 heavy (non-hydrogen) atoms. The number of aromatic nitrogens is 1. The largest absolute Gasteiger partial charge is 0.496 e. The van der Waals surface area contributed by atoms with Crippen LogP contribution in [0.4, 0.5) is 19.0 Å². The van der Waals surface area contributed by atoms with Crippen molar-refractivity contribution in [1.29, 1.82) is 0 Å². The van der Waals surface area contributed by atoms with Crippen LogP contribution in [0.2, 0.25) is 0 Å². The summed E-state index contributed by atoms with van der Waals surface area (Å²) in [5.41, 5.74) is 4.27. The Hall–Kier alpha value is -2.18. The zero-order valence-electron chi connectivity index (χ0n) is 9.28. The number of benzene rings is 1. The molecule has 0 aliphatic carbocycles. The number of methoxy groups -OCH3 is 1. The fourth-order valence-electron chi connectivity index (χ4n) is 1.60. The van der Waals surface area contributed by atoms with Gasteiger partial charge in [-0.05, 0) is 12.1 Å². The van der Waals surface area contributed by atoms with Gasteiger partial charge in [-0.15, -0.1) is 0 Å². The first-order valence-electron chi connectivity index (χ1n) is 4.90. The highest BCUT2D eigenvalue weighted by atomic mass is 19.4. The Bertz CT molecular complexity index is 564. The van der Waals surface area contributed by atoms with Crippen molar-refractivity contribution in [3.63, 3.8) is 0 Å². The van der Waals surface area contributed by atoms with Crippen molar-refractivity contribution in [1.82, 2.24) is 5.16 Å². The average Bonchev–Trinajstić information content (AvgIpc) is 2.73. The number of alkyl halides is 3. The summed E-state index contributed by atoms with van der Waals surface area (Å²) in [6.07, 6.45) is -4.52. The van der Waals surface area contributed by atoms with E-state index in [0.717, 1.165) is 6.07 Å². The van der Waals surface area contributed by atoms with Gasteiger partial charge in [0.25, 0.3) is 0 Å². The third kappa shape index (κ3) is 2.11. The fraction of sp³-hybridized carbons (Fsp3) is 0.182. The van der Waals surface area contributed by atoms with E-state index in [2.05, 4.69) is 5.16 Å². The minimum atomic E-state index is -4.52. The number of hydrogen-bond acceptors (Lipinski definition) is 4. The Morgan fingerprint density at radius 3 is 2.56 bits per heavy atom. The van der Waals surface area contributed by atoms with Gasteiger partial charge in [0.1, 0.15) is 5.75 Å². The fourth-order valence-corrected chi connectivity index (χ4v) is 1.60. The quantitative estimate of drug-likeness (QED) is 0.899. The lowest BCUT2D eigenvalue weighted by Gasteiger charge is -2.13. The Labute approximate surface area is 100 Å². The lowest BCUT2D eigenvalue weighted by atomic mass is 10.0. The highest BCUT2D eigenvalue weighted by molar-refractivity contribution is 5.72. The number of nitrogen functional groups attached to an aromatic ring is 1. The molecule has 1 aromatic carbocycles. The van der Waals surface area contributed by atoms with E-state index in [9.17, 15) is 13.2 Å². The van der Waals surface area contributed by atoms with E-state index in [1.807, 2.05) is 0 Å². The predicted molar refractivity (Wildman–Crippen MR) is 57.9 cm³/mol. The molecular weight excluding hydrogens is 249 g/mol. The number of nitrogens with zero attached hydrogens (tertiary/aromatic N) is 1. The zero-order valence-corrected chi connectivity index (χ0v) is 9.28. The standard InChI is InChI=1S/C11H9F3N2O2/c1-17-7-4-2-3-6(11(12,13)14)10(7)8-5-9(15)16-18-8/h2-5H,1H3,(H2,15,16). The summed E-state index contributed by atoms with van der Waals surface area (Å²) in [5, 5.41) is 3.37. The molecule has 0 radical (unpaired) electrons. The molecule has 2 rings (SSSR count). The molecule has 0 fully saturated rings. The summed E-state index contributed by atoms with van der Waals surface area (Å²) in [6.45, 7) is 0. The third-order valence-electron chi connectivity index (χ3n) is 2.33. The molecule has 2 N–H and O–H groups in total. The molecule has 1 heterocycles. The lowest BCUT2D eigenvalue weighted by Crippen LogP contribution is -2.07. The number of halogens is 3. The van der Waals surface area contributed by atoms with E-state index in [-0.39, 0.29) is 22.9 Å². The monoisotopic (exact) mass is 258 g/mol. The maximum Gasteiger partial charge on any atom is 0.417 e. The molecule has 0 saturated heterocycles. The number of anilines is 1. The molecule has 0 atom stereocenters. The van der Waals surface area contributed by atoms with Crippen LogP contribution in [0.1, 0.15) is 5.56 Å². The van der Waals surface area contributed by atoms with Crippen LogP contribution in [0.5, 0.6) is 5.75 Å². The highest BCUT2D eigenvalue weighted by Gasteiger charge is 2.36. The van der Waals surface area contributed by atoms with Crippen LogP contribution in [0.15, 0.2) is 28.8 Å². The van der Waals surface area contributed by atoms with Crippen molar-refractivity contribution in [2.75, 3.05) is 12.8 Å². The van der Waals surface area contributed by atoms with Crippen LogP contribution in [0.3, 0.4) is 0 Å². The van der Waals surface area contributed by atoms with Crippen molar-refractivity contribution in [3.05, 3.63) is 29.8 Å². The Balaban J connectivity index is 2.69. The van der Waals surface area contributed by atoms with Crippen molar-refractivity contribution in [3.8, 4) is 17.1 Å². The van der Waals surface area contributed by atoms with Gasteiger partial charge in [0.2, 0.25) is 0 Å². The molecular formula is C11H9F3N2O2. The van der Waals surface area contributed by atoms with Gasteiger partial charge < -0.3 is 15.0 Å². The van der Waals surface area contributed by atoms with E-state index < -0.39 is 11.7 Å². The molecule has 0 aliphatic rings. The van der Waals surface area contributed by atoms with Gasteiger partial charge >= 0.3 is 6.18 Å². The van der Waals surface area contributed by atoms with Gasteiger partial charge in [0.15, 0.2) is 11.6 Å². The minimum Gasteiger partial charge on any atom is -0.496 e. The molecule has 1 aromatic heterocycles. The molecule has 0 unspecified atom stereocenters. The summed E-state index contributed by atoms with van der Waals surface area (Å²) in [4.78, 5) is 0. The van der Waals surface area contributed by atoms with Crippen LogP contribution in [0.25, 0.3) is 11.3 Å². The highest BCUT2D eigenvalue weighted by Crippen LogP contribution is 2.42. The average molecular weight is 258 g/mol. The van der Waals surface area contributed by atoms with Gasteiger partial charge in [-0.2, -0.15) is 13.2 Å². The van der Waals surface area contributed by atoms with Crippen molar-refractivity contribution in [2.45, 2.75) is 6.18 Å². The first kappa shape index (κ1) is 12.3. The third-order valence-corrected chi connectivity index (χ3v) is 2.33. The van der Waals surface area contributed by atoms with Crippen molar-refractivity contribution in [2.24, 2.45) is 0 Å². The molecule has 0 spiro atoms. The summed E-state index contributed by atoms with van der Waals surface area (Å²) in [7, 11) is 1.28. The second-order valence-corrected chi connectivity index (χ2v) is 3.50. The predicted octanol–water partition coefficient (Wildman–Crippen LogP) is 2.95. The summed E-state index contributed by atoms with van der Waals surface area (Å²) < 4.78 is 48.4. The number of ether oxygens (including phenoxy) is 1. The summed E-state index contributed by atoms with van der Waals surface area (Å²) in [5.74, 6) is -0.0396. The molecule has 7 heteroatoms. The molecule has 0 amide bonds. The van der Waals surface area contributed by atoms with Crippen molar-refractivity contribution >= 4 is 5.82 Å². The van der Waals surface area contributed by atoms with E-state index in [0.29, 0.717) is 0 Å². The van der Waals surface area contributed by atoms with Crippen LogP contribution in [-0.4, -0.2) is 12.3 Å². The molecule has 0 bridgehead atoms. The van der Waals surface area contributed by atoms with Gasteiger partial charge in [0.05, 0.1) is 18.2 Å². The number of nitrogens with two attached hydrogens (primary N) is 1. The maximum absolute atomic E-state index is 12.9. The second kappa shape index (κ2) is 4.25. The van der Waals surface area contributed by atoms with E-state index in [1.165, 1.54) is 25.3 Å². The molecule has 0 aliphatic heterocycles. The van der Waals surface area contributed by atoms with Gasteiger partial charge in [-0.25, -0.2) is 0 Å². The topological polar surface area (TPSA) is 61.3 Å². The molecule has 2 aromatic rings. The van der Waals surface area contributed by atoms with Gasteiger partial charge in [0, 0.05) is 6.07 Å². The SMILES string of the molecule is COc1cccc(C(F)(F)F)c1-c1cc(N)no1. The summed E-state index contributed by atoms with van der Waals surface area (Å²) >= 11 is 0. The first-order chi connectivity index (χ1) is 8.43. The Morgan fingerprint density at radius 1 is 1.33 bits per heavy atom. The van der Waals surface area contributed by atoms with Gasteiger partial charge in [-0.3, -0.25) is 0 Å². The Morgan fingerprint density at radius 2 is 2.06 bits per heavy atom. The van der Waals surface area contributed by atoms with Crippen LogP contribution >= 0.6 is 0 Å². The minimum absolute atomic E-state index is 0.00373. The maximum atomic E-state index is 12.9. The molecule has 4 nitrogen and oxygen atoms in total. The molecule has 96 valence electrons. The first-order valence-corrected chi connectivity index (χ1v) is 4.90. The lowest BCUT2D eigenvalue weighted by molar-refractivity contribution is -0.137. The van der Waals surface area contributed by atoms with E-state index >= 15 is 0 Å². The molecule has 0 saturated carbocycles. The van der Waals surface area contributed by atoms with Crippen LogP contribution in [0, 0.1) is 0 Å². The van der Waals surface area contributed by atoms with E-state index in [4.69, 9.17) is 15.0 Å². The number of hydrogen-bond donors (Lipinski definition) is 1. The van der Waals surface area contributed by atoms with Crippen LogP contribution < -0.4 is 10.5 Å². The van der Waals surface area contributed by atoms with E-state index in [1.54, 1.807) is 0 Å². The second-order valence-electron chi connectivity index (χ2n) is 3.50. The number of rotatable bonds is 2. The normalized spacial score (nSPS) is 11.6. The van der Waals surface area contributed by atoms with Crippen molar-refractivity contribution < 1.29 is 22.4 Å². The summed E-state index contributed by atoms with van der Waals surface area (Å²) in [6, 6.07) is 4.82. The van der Waals surface area contributed by atoms with Gasteiger partial charge in [-0.1, -0.05) is 11.2 Å². The Kier molecular flexibility index (Phi) is 2.90. The van der Waals surface area contributed by atoms with Crippen LogP contribution in [-0.2, 0) is 6.18 Å².